The summed E-state index contributed by atoms with van der Waals surface area (Å²) in [7, 11) is 2.06. The van der Waals surface area contributed by atoms with Gasteiger partial charge in [-0.25, -0.2) is 0 Å². The van der Waals surface area contributed by atoms with Crippen LogP contribution >= 0.6 is 0 Å². The maximum absolute atomic E-state index is 12.2. The number of rotatable bonds is 5. The standard InChI is InChI=1S/C19H29N3O2/c1-21-9-4-7-17(12-21)19(24)20-11-18(23)14-22-10-8-15-5-2-3-6-16(15)13-22/h2-3,5-6,17-18,23H,4,7-14H2,1H3,(H,20,24). The second-order valence-electron chi connectivity index (χ2n) is 7.25. The van der Waals surface area contributed by atoms with E-state index in [1.807, 2.05) is 0 Å². The van der Waals surface area contributed by atoms with Crippen LogP contribution in [0.2, 0.25) is 0 Å². The van der Waals surface area contributed by atoms with E-state index in [0.717, 1.165) is 45.4 Å². The first kappa shape index (κ1) is 17.4. The molecule has 5 heteroatoms. The second kappa shape index (κ2) is 8.10. The third-order valence-electron chi connectivity index (χ3n) is 5.19. The topological polar surface area (TPSA) is 55.8 Å². The van der Waals surface area contributed by atoms with Crippen LogP contribution in [-0.2, 0) is 17.8 Å². The summed E-state index contributed by atoms with van der Waals surface area (Å²) in [6.07, 6.45) is 2.55. The molecule has 1 saturated heterocycles. The Labute approximate surface area is 144 Å². The Hall–Kier alpha value is -1.43. The third kappa shape index (κ3) is 4.56. The summed E-state index contributed by atoms with van der Waals surface area (Å²) in [6.45, 7) is 4.70. The van der Waals surface area contributed by atoms with E-state index >= 15 is 0 Å². The van der Waals surface area contributed by atoms with Gasteiger partial charge in [-0.15, -0.1) is 0 Å². The van der Waals surface area contributed by atoms with Crippen LogP contribution in [0.4, 0.5) is 0 Å². The van der Waals surface area contributed by atoms with Crippen molar-refractivity contribution in [3.05, 3.63) is 35.4 Å². The third-order valence-corrected chi connectivity index (χ3v) is 5.19. The Bertz CT molecular complexity index is 563. The van der Waals surface area contributed by atoms with Crippen molar-refractivity contribution in [1.82, 2.24) is 15.1 Å². The highest BCUT2D eigenvalue weighted by Crippen LogP contribution is 2.18. The monoisotopic (exact) mass is 331 g/mol. The molecule has 1 fully saturated rings. The number of hydrogen-bond acceptors (Lipinski definition) is 4. The van der Waals surface area contributed by atoms with E-state index in [2.05, 4.69) is 46.4 Å². The van der Waals surface area contributed by atoms with Gasteiger partial charge < -0.3 is 15.3 Å². The molecule has 0 spiro atoms. The fourth-order valence-corrected chi connectivity index (χ4v) is 3.82. The minimum atomic E-state index is -0.513. The highest BCUT2D eigenvalue weighted by Gasteiger charge is 2.24. The predicted molar refractivity (Wildman–Crippen MR) is 94.7 cm³/mol. The molecule has 0 radical (unpaired) electrons. The number of nitrogens with one attached hydrogen (secondary N) is 1. The molecule has 2 heterocycles. The lowest BCUT2D eigenvalue weighted by Gasteiger charge is -2.31. The van der Waals surface area contributed by atoms with Crippen molar-refractivity contribution >= 4 is 5.91 Å². The Balaban J connectivity index is 1.41. The van der Waals surface area contributed by atoms with Gasteiger partial charge in [0.15, 0.2) is 0 Å². The van der Waals surface area contributed by atoms with Crippen molar-refractivity contribution in [2.45, 2.75) is 31.9 Å². The van der Waals surface area contributed by atoms with Gasteiger partial charge >= 0.3 is 0 Å². The molecular weight excluding hydrogens is 302 g/mol. The molecule has 1 amide bonds. The molecule has 2 aliphatic heterocycles. The smallest absolute Gasteiger partial charge is 0.224 e. The molecule has 0 bridgehead atoms. The Kier molecular flexibility index (Phi) is 5.87. The molecule has 1 aromatic rings. The van der Waals surface area contributed by atoms with Gasteiger partial charge in [-0.1, -0.05) is 24.3 Å². The first-order chi connectivity index (χ1) is 11.6. The molecular formula is C19H29N3O2. The summed E-state index contributed by atoms with van der Waals surface area (Å²) in [4.78, 5) is 16.7. The van der Waals surface area contributed by atoms with Gasteiger partial charge in [-0.3, -0.25) is 9.69 Å². The highest BCUT2D eigenvalue weighted by atomic mass is 16.3. The Morgan fingerprint density at radius 1 is 1.33 bits per heavy atom. The maximum atomic E-state index is 12.2. The Morgan fingerprint density at radius 3 is 2.92 bits per heavy atom. The van der Waals surface area contributed by atoms with Crippen molar-refractivity contribution in [2.75, 3.05) is 39.8 Å². The predicted octanol–water partition coefficient (Wildman–Crippen LogP) is 0.864. The van der Waals surface area contributed by atoms with Gasteiger partial charge in [-0.2, -0.15) is 0 Å². The van der Waals surface area contributed by atoms with Crippen LogP contribution in [0.15, 0.2) is 24.3 Å². The van der Waals surface area contributed by atoms with Gasteiger partial charge in [0.25, 0.3) is 0 Å². The number of piperidine rings is 1. The van der Waals surface area contributed by atoms with Crippen molar-refractivity contribution < 1.29 is 9.90 Å². The van der Waals surface area contributed by atoms with Crippen LogP contribution in [0.3, 0.4) is 0 Å². The number of β-amino-alcohol motifs (C(OH)–C–C–N with tert-alkyl or cyclic N) is 1. The fourth-order valence-electron chi connectivity index (χ4n) is 3.82. The SMILES string of the molecule is CN1CCCC(C(=O)NCC(O)CN2CCc3ccccc3C2)C1. The zero-order chi connectivity index (χ0) is 16.9. The van der Waals surface area contributed by atoms with E-state index in [1.165, 1.54) is 11.1 Å². The molecule has 2 N–H and O–H groups in total. The van der Waals surface area contributed by atoms with Crippen LogP contribution in [0.25, 0.3) is 0 Å². The molecule has 2 unspecified atom stereocenters. The minimum absolute atomic E-state index is 0.0674. The molecule has 3 rings (SSSR count). The van der Waals surface area contributed by atoms with Crippen molar-refractivity contribution in [1.29, 1.82) is 0 Å². The normalized spacial score (nSPS) is 23.5. The van der Waals surface area contributed by atoms with E-state index in [-0.39, 0.29) is 11.8 Å². The number of benzene rings is 1. The summed E-state index contributed by atoms with van der Waals surface area (Å²) in [5.74, 6) is 0.155. The number of likely N-dealkylation sites (tertiary alicyclic amines) is 1. The van der Waals surface area contributed by atoms with Crippen LogP contribution in [0.1, 0.15) is 24.0 Å². The molecule has 0 aliphatic carbocycles. The lowest BCUT2D eigenvalue weighted by Crippen LogP contribution is -2.46. The fraction of sp³-hybridized carbons (Fsp3) is 0.632. The minimum Gasteiger partial charge on any atom is -0.390 e. The molecule has 0 saturated carbocycles. The summed E-state index contributed by atoms with van der Waals surface area (Å²) in [5, 5.41) is 13.2. The highest BCUT2D eigenvalue weighted by molar-refractivity contribution is 5.79. The number of aliphatic hydroxyl groups is 1. The molecule has 0 aromatic heterocycles. The van der Waals surface area contributed by atoms with Gasteiger partial charge in [0.2, 0.25) is 5.91 Å². The molecule has 2 atom stereocenters. The average molecular weight is 331 g/mol. The zero-order valence-electron chi connectivity index (χ0n) is 14.6. The van der Waals surface area contributed by atoms with Gasteiger partial charge in [0.05, 0.1) is 12.0 Å². The lowest BCUT2D eigenvalue weighted by atomic mass is 9.97. The van der Waals surface area contributed by atoms with Gasteiger partial charge in [0.1, 0.15) is 0 Å². The van der Waals surface area contributed by atoms with Gasteiger partial charge in [-0.05, 0) is 44.0 Å². The van der Waals surface area contributed by atoms with Crippen LogP contribution in [0.5, 0.6) is 0 Å². The molecule has 24 heavy (non-hydrogen) atoms. The zero-order valence-corrected chi connectivity index (χ0v) is 14.6. The largest absolute Gasteiger partial charge is 0.390 e. The summed E-state index contributed by atoms with van der Waals surface area (Å²) in [5.41, 5.74) is 2.77. The number of fused-ring (bicyclic) bond motifs is 1. The Morgan fingerprint density at radius 2 is 2.12 bits per heavy atom. The van der Waals surface area contributed by atoms with Crippen LogP contribution in [-0.4, -0.2) is 66.7 Å². The number of carbonyl (C=O) groups is 1. The van der Waals surface area contributed by atoms with Crippen LogP contribution in [0, 0.1) is 5.92 Å². The second-order valence-corrected chi connectivity index (χ2v) is 7.25. The molecule has 5 nitrogen and oxygen atoms in total. The van der Waals surface area contributed by atoms with E-state index in [9.17, 15) is 9.90 Å². The maximum Gasteiger partial charge on any atom is 0.224 e. The first-order valence-corrected chi connectivity index (χ1v) is 9.05. The first-order valence-electron chi connectivity index (χ1n) is 9.05. The lowest BCUT2D eigenvalue weighted by molar-refractivity contribution is -0.127. The van der Waals surface area contributed by atoms with E-state index in [0.29, 0.717) is 13.1 Å². The van der Waals surface area contributed by atoms with Crippen molar-refractivity contribution in [2.24, 2.45) is 5.92 Å². The summed E-state index contributed by atoms with van der Waals surface area (Å²) < 4.78 is 0. The number of hydrogen-bond donors (Lipinski definition) is 2. The van der Waals surface area contributed by atoms with Crippen molar-refractivity contribution in [3.8, 4) is 0 Å². The van der Waals surface area contributed by atoms with E-state index in [1.54, 1.807) is 0 Å². The van der Waals surface area contributed by atoms with E-state index < -0.39 is 6.10 Å². The summed E-state index contributed by atoms with van der Waals surface area (Å²) in [6, 6.07) is 8.50. The van der Waals surface area contributed by atoms with Crippen molar-refractivity contribution in [3.63, 3.8) is 0 Å². The quantitative estimate of drug-likeness (QED) is 0.840. The molecule has 2 aliphatic rings. The molecule has 132 valence electrons. The number of nitrogens with zero attached hydrogens (tertiary/aromatic N) is 2. The molecule has 1 aromatic carbocycles. The van der Waals surface area contributed by atoms with E-state index in [4.69, 9.17) is 0 Å². The van der Waals surface area contributed by atoms with Gasteiger partial charge in [0, 0.05) is 32.7 Å². The number of carbonyl (C=O) groups excluding carboxylic acids is 1. The van der Waals surface area contributed by atoms with Crippen LogP contribution < -0.4 is 5.32 Å². The summed E-state index contributed by atoms with van der Waals surface area (Å²) >= 11 is 0. The number of aliphatic hydroxyl groups excluding tert-OH is 1. The average Bonchev–Trinajstić information content (AvgIpc) is 2.59. The number of amides is 1.